The molecule has 0 fully saturated rings. The number of carbonyl (C=O) groups excluding carboxylic acids is 1. The van der Waals surface area contributed by atoms with E-state index < -0.39 is 0 Å². The van der Waals surface area contributed by atoms with Crippen LogP contribution in [0.25, 0.3) is 0 Å². The van der Waals surface area contributed by atoms with Gasteiger partial charge < -0.3 is 11.1 Å². The minimum Gasteiger partial charge on any atom is -0.399 e. The molecule has 21 heavy (non-hydrogen) atoms. The van der Waals surface area contributed by atoms with Crippen LogP contribution in [-0.4, -0.2) is 5.91 Å². The second-order valence-corrected chi connectivity index (χ2v) is 4.99. The quantitative estimate of drug-likeness (QED) is 0.847. The lowest BCUT2D eigenvalue weighted by molar-refractivity contribution is -0.117. The first-order valence-corrected chi connectivity index (χ1v) is 6.69. The summed E-state index contributed by atoms with van der Waals surface area (Å²) in [7, 11) is 0. The van der Waals surface area contributed by atoms with Crippen molar-refractivity contribution in [3.8, 4) is 6.07 Å². The average Bonchev–Trinajstić information content (AvgIpc) is 2.46. The van der Waals surface area contributed by atoms with Gasteiger partial charge in [0.25, 0.3) is 0 Å². The fraction of sp³-hybridized carbons (Fsp3) is 0.176. The maximum absolute atomic E-state index is 12.3. The van der Waals surface area contributed by atoms with Gasteiger partial charge in [0, 0.05) is 5.69 Å². The highest BCUT2D eigenvalue weighted by molar-refractivity contribution is 5.96. The van der Waals surface area contributed by atoms with Gasteiger partial charge in [-0.3, -0.25) is 4.79 Å². The zero-order valence-electron chi connectivity index (χ0n) is 12.1. The molecule has 0 saturated heterocycles. The summed E-state index contributed by atoms with van der Waals surface area (Å²) in [6, 6.07) is 14.8. The molecule has 0 aromatic heterocycles. The van der Waals surface area contributed by atoms with Crippen molar-refractivity contribution in [2.24, 2.45) is 0 Å². The summed E-state index contributed by atoms with van der Waals surface area (Å²) in [6.45, 7) is 3.65. The first kappa shape index (κ1) is 14.6. The first-order chi connectivity index (χ1) is 10.0. The molecule has 2 aromatic carbocycles. The van der Waals surface area contributed by atoms with Gasteiger partial charge in [0.05, 0.1) is 17.2 Å². The minimum atomic E-state index is -0.347. The molecule has 0 spiro atoms. The van der Waals surface area contributed by atoms with Gasteiger partial charge in [-0.1, -0.05) is 24.3 Å². The van der Waals surface area contributed by atoms with Gasteiger partial charge in [0.1, 0.15) is 6.07 Å². The van der Waals surface area contributed by atoms with Gasteiger partial charge in [0.15, 0.2) is 0 Å². The summed E-state index contributed by atoms with van der Waals surface area (Å²) in [5, 5.41) is 12.0. The Morgan fingerprint density at radius 2 is 2.00 bits per heavy atom. The minimum absolute atomic E-state index is 0.164. The van der Waals surface area contributed by atoms with Crippen LogP contribution in [0.5, 0.6) is 0 Å². The maximum atomic E-state index is 12.3. The molecule has 2 aromatic rings. The zero-order chi connectivity index (χ0) is 15.4. The number of hydrogen-bond acceptors (Lipinski definition) is 3. The van der Waals surface area contributed by atoms with E-state index in [0.29, 0.717) is 16.9 Å². The lowest BCUT2D eigenvalue weighted by Crippen LogP contribution is -2.19. The molecule has 1 atom stereocenters. The highest BCUT2D eigenvalue weighted by atomic mass is 16.1. The molecular weight excluding hydrogens is 262 g/mol. The molecule has 4 nitrogen and oxygen atoms in total. The van der Waals surface area contributed by atoms with Crippen molar-refractivity contribution in [3.63, 3.8) is 0 Å². The van der Waals surface area contributed by atoms with Gasteiger partial charge in [-0.25, -0.2) is 0 Å². The fourth-order valence-electron chi connectivity index (χ4n) is 2.14. The molecule has 3 N–H and O–H groups in total. The van der Waals surface area contributed by atoms with E-state index in [1.807, 2.05) is 38.1 Å². The summed E-state index contributed by atoms with van der Waals surface area (Å²) in [5.41, 5.74) is 9.08. The maximum Gasteiger partial charge on any atom is 0.231 e. The van der Waals surface area contributed by atoms with E-state index >= 15 is 0 Å². The Balaban J connectivity index is 2.23. The van der Waals surface area contributed by atoms with Crippen molar-refractivity contribution in [3.05, 3.63) is 59.2 Å². The Morgan fingerprint density at radius 1 is 1.29 bits per heavy atom. The van der Waals surface area contributed by atoms with Gasteiger partial charge in [-0.2, -0.15) is 5.26 Å². The van der Waals surface area contributed by atoms with Crippen LogP contribution in [0.15, 0.2) is 42.5 Å². The van der Waals surface area contributed by atoms with E-state index in [4.69, 9.17) is 5.73 Å². The third-order valence-corrected chi connectivity index (χ3v) is 3.45. The van der Waals surface area contributed by atoms with E-state index in [2.05, 4.69) is 11.4 Å². The Labute approximate surface area is 124 Å². The summed E-state index contributed by atoms with van der Waals surface area (Å²) in [6.07, 6.45) is 0. The largest absolute Gasteiger partial charge is 0.399 e. The molecule has 0 bridgehead atoms. The van der Waals surface area contributed by atoms with Crippen LogP contribution in [-0.2, 0) is 4.79 Å². The molecule has 0 saturated carbocycles. The number of nitrogen functional groups attached to an aromatic ring is 1. The van der Waals surface area contributed by atoms with Gasteiger partial charge >= 0.3 is 0 Å². The first-order valence-electron chi connectivity index (χ1n) is 6.69. The topological polar surface area (TPSA) is 78.9 Å². The molecule has 0 radical (unpaired) electrons. The molecular formula is C17H17N3O. The molecule has 106 valence electrons. The van der Waals surface area contributed by atoms with E-state index in [1.165, 1.54) is 0 Å². The number of amides is 1. The van der Waals surface area contributed by atoms with Crippen molar-refractivity contribution < 1.29 is 4.79 Å². The van der Waals surface area contributed by atoms with Crippen LogP contribution in [0.4, 0.5) is 11.4 Å². The standard InChI is InChI=1S/C17H17N3O/c1-11-5-3-8-16(15(11)10-18)20-17(21)12(2)13-6-4-7-14(19)9-13/h3-9,12H,19H2,1-2H3,(H,20,21). The number of nitrogens with one attached hydrogen (secondary N) is 1. The fourth-order valence-corrected chi connectivity index (χ4v) is 2.14. The summed E-state index contributed by atoms with van der Waals surface area (Å²) in [4.78, 5) is 12.3. The molecule has 0 heterocycles. The lowest BCUT2D eigenvalue weighted by atomic mass is 9.99. The van der Waals surface area contributed by atoms with Crippen LogP contribution in [0.2, 0.25) is 0 Å². The third kappa shape index (κ3) is 3.21. The van der Waals surface area contributed by atoms with Crippen molar-refractivity contribution in [2.45, 2.75) is 19.8 Å². The number of nitrogens with zero attached hydrogens (tertiary/aromatic N) is 1. The van der Waals surface area contributed by atoms with E-state index in [9.17, 15) is 10.1 Å². The highest BCUT2D eigenvalue weighted by Gasteiger charge is 2.17. The Morgan fingerprint density at radius 3 is 2.67 bits per heavy atom. The van der Waals surface area contributed by atoms with Gasteiger partial charge in [-0.05, 0) is 43.2 Å². The van der Waals surface area contributed by atoms with Gasteiger partial charge in [0.2, 0.25) is 5.91 Å². The SMILES string of the molecule is Cc1cccc(NC(=O)C(C)c2cccc(N)c2)c1C#N. The molecule has 2 rings (SSSR count). The molecule has 0 aliphatic carbocycles. The lowest BCUT2D eigenvalue weighted by Gasteiger charge is -2.14. The van der Waals surface area contributed by atoms with Crippen LogP contribution in [0.3, 0.4) is 0 Å². The molecule has 4 heteroatoms. The summed E-state index contributed by atoms with van der Waals surface area (Å²) < 4.78 is 0. The molecule has 0 aliphatic rings. The predicted molar refractivity (Wildman–Crippen MR) is 83.8 cm³/mol. The van der Waals surface area contributed by atoms with E-state index in [0.717, 1.165) is 11.1 Å². The highest BCUT2D eigenvalue weighted by Crippen LogP contribution is 2.23. The second kappa shape index (κ2) is 6.10. The summed E-state index contributed by atoms with van der Waals surface area (Å²) in [5.74, 6) is -0.511. The van der Waals surface area contributed by atoms with Gasteiger partial charge in [-0.15, -0.1) is 0 Å². The van der Waals surface area contributed by atoms with Crippen LogP contribution < -0.4 is 11.1 Å². The van der Waals surface area contributed by atoms with Crippen molar-refractivity contribution in [2.75, 3.05) is 11.1 Å². The number of rotatable bonds is 3. The Bertz CT molecular complexity index is 716. The number of nitrogens with two attached hydrogens (primary N) is 1. The molecule has 1 unspecified atom stereocenters. The van der Waals surface area contributed by atoms with Crippen molar-refractivity contribution in [1.82, 2.24) is 0 Å². The number of aryl methyl sites for hydroxylation is 1. The van der Waals surface area contributed by atoms with Crippen LogP contribution in [0.1, 0.15) is 29.5 Å². The van der Waals surface area contributed by atoms with Crippen LogP contribution >= 0.6 is 0 Å². The smallest absolute Gasteiger partial charge is 0.231 e. The van der Waals surface area contributed by atoms with E-state index in [-0.39, 0.29) is 11.8 Å². The number of benzene rings is 2. The Hall–Kier alpha value is -2.80. The predicted octanol–water partition coefficient (Wildman–Crippen LogP) is 3.19. The third-order valence-electron chi connectivity index (χ3n) is 3.45. The van der Waals surface area contributed by atoms with Crippen LogP contribution in [0, 0.1) is 18.3 Å². The number of carbonyl (C=O) groups is 1. The van der Waals surface area contributed by atoms with Crippen molar-refractivity contribution >= 4 is 17.3 Å². The Kier molecular flexibility index (Phi) is 4.24. The normalized spacial score (nSPS) is 11.5. The van der Waals surface area contributed by atoms with Crippen molar-refractivity contribution in [1.29, 1.82) is 5.26 Å². The van der Waals surface area contributed by atoms with E-state index in [1.54, 1.807) is 18.2 Å². The number of hydrogen-bond donors (Lipinski definition) is 2. The summed E-state index contributed by atoms with van der Waals surface area (Å²) >= 11 is 0. The average molecular weight is 279 g/mol. The second-order valence-electron chi connectivity index (χ2n) is 4.99. The number of nitriles is 1. The number of anilines is 2. The molecule has 1 amide bonds. The molecule has 0 aliphatic heterocycles. The monoisotopic (exact) mass is 279 g/mol. The zero-order valence-corrected chi connectivity index (χ0v) is 12.1.